The van der Waals surface area contributed by atoms with Crippen LogP contribution in [-0.2, 0) is 23.2 Å². The van der Waals surface area contributed by atoms with Crippen LogP contribution in [0.4, 0.5) is 0 Å². The van der Waals surface area contributed by atoms with Gasteiger partial charge in [0.1, 0.15) is 5.78 Å². The fourth-order valence-electron chi connectivity index (χ4n) is 0.805. The molecule has 0 aromatic carbocycles. The predicted octanol–water partition coefficient (Wildman–Crippen LogP) is 1.49. The van der Waals surface area contributed by atoms with Gasteiger partial charge in [-0.05, 0) is 34.6 Å². The van der Waals surface area contributed by atoms with Gasteiger partial charge < -0.3 is 25.0 Å². The highest BCUT2D eigenvalue weighted by atomic mass is 31.2. The largest absolute Gasteiger partial charge is 0.473 e. The van der Waals surface area contributed by atoms with E-state index in [1.165, 1.54) is 0 Å². The van der Waals surface area contributed by atoms with Gasteiger partial charge in [0.25, 0.3) is 0 Å². The van der Waals surface area contributed by atoms with Gasteiger partial charge in [0.15, 0.2) is 0 Å². The van der Waals surface area contributed by atoms with Crippen LogP contribution in [0.2, 0.25) is 0 Å². The molecule has 0 heterocycles. The van der Waals surface area contributed by atoms with E-state index in [2.05, 4.69) is 0 Å². The maximum Gasteiger partial charge on any atom is 0.414 e. The molecule has 0 aromatic rings. The van der Waals surface area contributed by atoms with Gasteiger partial charge >= 0.3 is 19.5 Å². The van der Waals surface area contributed by atoms with E-state index in [0.29, 0.717) is 0 Å². The molecule has 0 saturated heterocycles. The van der Waals surface area contributed by atoms with Gasteiger partial charge in [-0.25, -0.2) is 9.59 Å². The summed E-state index contributed by atoms with van der Waals surface area (Å²) in [5, 5.41) is 14.8. The van der Waals surface area contributed by atoms with Crippen LogP contribution in [0.1, 0.15) is 34.6 Å². The number of carbonyl (C=O) groups is 2. The topological polar surface area (TPSA) is 136 Å². The van der Waals surface area contributed by atoms with Crippen LogP contribution in [0.5, 0.6) is 0 Å². The first-order valence-electron chi connectivity index (χ1n) is 5.60. The average molecular weight is 299 g/mol. The van der Waals surface area contributed by atoms with Gasteiger partial charge in [-0.15, -0.1) is 0 Å². The van der Waals surface area contributed by atoms with Gasteiger partial charge in [0, 0.05) is 0 Å². The van der Waals surface area contributed by atoms with Crippen LogP contribution in [-0.4, -0.2) is 40.1 Å². The second-order valence-corrected chi connectivity index (χ2v) is 6.51. The minimum absolute atomic E-state index is 0.143. The van der Waals surface area contributed by atoms with E-state index in [9.17, 15) is 4.57 Å². The zero-order valence-electron chi connectivity index (χ0n) is 11.7. The summed E-state index contributed by atoms with van der Waals surface area (Å²) in [6, 6.07) is 0. The molecule has 0 radical (unpaired) electrons. The second kappa shape index (κ2) is 9.03. The average Bonchev–Trinajstić information content (AvgIpc) is 2.14. The molecule has 0 saturated carbocycles. The van der Waals surface area contributed by atoms with E-state index in [0.717, 1.165) is 0 Å². The molecule has 0 aliphatic carbocycles. The first-order chi connectivity index (χ1) is 8.42. The van der Waals surface area contributed by atoms with Gasteiger partial charge in [-0.2, -0.15) is 0 Å². The number of carboxylic acids is 2. The summed E-state index contributed by atoms with van der Waals surface area (Å²) in [4.78, 5) is 18.2. The molecule has 0 aliphatic heterocycles. The number of aliphatic carboxylic acids is 2. The standard InChI is InChI=1S/C8H20NO3P.C2H2O4/c1-6(2)11-13(10,8(5)9)12-7(3)4;3-1(4)2(5)6/h6-8H,9H2,1-5H3;(H,3,4)(H,5,6). The van der Waals surface area contributed by atoms with Gasteiger partial charge in [-0.3, -0.25) is 4.57 Å². The zero-order chi connectivity index (χ0) is 15.8. The molecule has 1 atom stereocenters. The highest BCUT2D eigenvalue weighted by Crippen LogP contribution is 2.52. The van der Waals surface area contributed by atoms with Crippen molar-refractivity contribution in [2.24, 2.45) is 5.73 Å². The number of nitrogens with two attached hydrogens (primary N) is 1. The van der Waals surface area contributed by atoms with Crippen molar-refractivity contribution in [3.63, 3.8) is 0 Å². The predicted molar refractivity (Wildman–Crippen MR) is 69.0 cm³/mol. The van der Waals surface area contributed by atoms with Crippen LogP contribution in [0.25, 0.3) is 0 Å². The lowest BCUT2D eigenvalue weighted by Gasteiger charge is -2.25. The highest BCUT2D eigenvalue weighted by Gasteiger charge is 2.32. The zero-order valence-corrected chi connectivity index (χ0v) is 12.6. The highest BCUT2D eigenvalue weighted by molar-refractivity contribution is 7.54. The number of hydrogen-bond acceptors (Lipinski definition) is 6. The van der Waals surface area contributed by atoms with Crippen molar-refractivity contribution in [2.45, 2.75) is 52.6 Å². The molecule has 0 rings (SSSR count). The Balaban J connectivity index is 0. The Morgan fingerprint density at radius 1 is 0.947 bits per heavy atom. The van der Waals surface area contributed by atoms with E-state index in [4.69, 9.17) is 34.6 Å². The number of rotatable bonds is 5. The maximum atomic E-state index is 12.0. The lowest BCUT2D eigenvalue weighted by atomic mass is 10.5. The summed E-state index contributed by atoms with van der Waals surface area (Å²) in [5.74, 6) is -4.23. The summed E-state index contributed by atoms with van der Waals surface area (Å²) in [6.45, 7) is 8.85. The Morgan fingerprint density at radius 3 is 1.32 bits per heavy atom. The normalized spacial score (nSPS) is 12.8. The third kappa shape index (κ3) is 10.6. The monoisotopic (exact) mass is 299 g/mol. The SMILES string of the molecule is CC(C)OP(=O)(OC(C)C)C(C)N.O=C(O)C(=O)O. The summed E-state index contributed by atoms with van der Waals surface area (Å²) in [5.41, 5.74) is 5.55. The van der Waals surface area contributed by atoms with E-state index >= 15 is 0 Å². The smallest absolute Gasteiger partial charge is 0.414 e. The Bertz CT molecular complexity index is 315. The molecular weight excluding hydrogens is 277 g/mol. The first-order valence-corrected chi connectivity index (χ1v) is 7.21. The molecule has 0 aliphatic rings. The Kier molecular flexibility index (Phi) is 9.68. The summed E-state index contributed by atoms with van der Waals surface area (Å²) < 4.78 is 22.4. The Labute approximate surface area is 112 Å². The molecule has 0 spiro atoms. The van der Waals surface area contributed by atoms with Crippen LogP contribution in [0.3, 0.4) is 0 Å². The molecule has 0 fully saturated rings. The lowest BCUT2D eigenvalue weighted by Crippen LogP contribution is -2.22. The molecular formula is C10H22NO7P. The van der Waals surface area contributed by atoms with Crippen molar-refractivity contribution in [3.05, 3.63) is 0 Å². The van der Waals surface area contributed by atoms with Crippen molar-refractivity contribution >= 4 is 19.5 Å². The fourth-order valence-corrected chi connectivity index (χ4v) is 2.41. The molecule has 0 aromatic heterocycles. The van der Waals surface area contributed by atoms with E-state index < -0.39 is 25.3 Å². The fraction of sp³-hybridized carbons (Fsp3) is 0.800. The summed E-state index contributed by atoms with van der Waals surface area (Å²) >= 11 is 0. The number of carboxylic acid groups (broad SMARTS) is 2. The molecule has 0 amide bonds. The van der Waals surface area contributed by atoms with Crippen LogP contribution in [0.15, 0.2) is 0 Å². The van der Waals surface area contributed by atoms with Gasteiger partial charge in [0.05, 0.1) is 12.2 Å². The Hall–Kier alpha value is -0.950. The van der Waals surface area contributed by atoms with Gasteiger partial charge in [0.2, 0.25) is 0 Å². The minimum Gasteiger partial charge on any atom is -0.473 e. The number of hydrogen-bond donors (Lipinski definition) is 3. The van der Waals surface area contributed by atoms with E-state index in [-0.39, 0.29) is 12.2 Å². The summed E-state index contributed by atoms with van der Waals surface area (Å²) in [7, 11) is -3.13. The summed E-state index contributed by atoms with van der Waals surface area (Å²) in [6.07, 6.45) is -0.286. The van der Waals surface area contributed by atoms with Crippen molar-refractivity contribution < 1.29 is 33.4 Å². The van der Waals surface area contributed by atoms with E-state index in [1.54, 1.807) is 34.6 Å². The van der Waals surface area contributed by atoms with Crippen molar-refractivity contribution in [1.82, 2.24) is 0 Å². The van der Waals surface area contributed by atoms with E-state index in [1.807, 2.05) is 0 Å². The van der Waals surface area contributed by atoms with Crippen LogP contribution < -0.4 is 5.73 Å². The molecule has 4 N–H and O–H groups in total. The third-order valence-electron chi connectivity index (χ3n) is 1.40. The Morgan fingerprint density at radius 2 is 1.21 bits per heavy atom. The van der Waals surface area contributed by atoms with Crippen LogP contribution >= 0.6 is 7.60 Å². The van der Waals surface area contributed by atoms with Gasteiger partial charge in [-0.1, -0.05) is 0 Å². The minimum atomic E-state index is -3.13. The first kappa shape index (κ1) is 20.4. The molecule has 8 nitrogen and oxygen atoms in total. The quantitative estimate of drug-likeness (QED) is 0.513. The maximum absolute atomic E-state index is 12.0. The third-order valence-corrected chi connectivity index (χ3v) is 3.83. The molecule has 9 heteroatoms. The van der Waals surface area contributed by atoms with Crippen molar-refractivity contribution in [1.29, 1.82) is 0 Å². The van der Waals surface area contributed by atoms with Crippen molar-refractivity contribution in [2.75, 3.05) is 0 Å². The molecule has 0 bridgehead atoms. The molecule has 114 valence electrons. The van der Waals surface area contributed by atoms with Crippen LogP contribution in [0, 0.1) is 0 Å². The lowest BCUT2D eigenvalue weighted by molar-refractivity contribution is -0.159. The molecule has 19 heavy (non-hydrogen) atoms. The van der Waals surface area contributed by atoms with Crippen molar-refractivity contribution in [3.8, 4) is 0 Å². The second-order valence-electron chi connectivity index (χ2n) is 4.20. The molecule has 1 unspecified atom stereocenters.